The first-order chi connectivity index (χ1) is 14.9. The monoisotopic (exact) mass is 467 g/mol. The Morgan fingerprint density at radius 2 is 1.69 bits per heavy atom. The van der Waals surface area contributed by atoms with Crippen LogP contribution in [0.2, 0.25) is 5.02 Å². The molecule has 0 amide bonds. The third kappa shape index (κ3) is 4.14. The minimum Gasteiger partial charge on any atom is -0.478 e. The van der Waals surface area contributed by atoms with Crippen molar-refractivity contribution in [2.75, 3.05) is 0 Å². The summed E-state index contributed by atoms with van der Waals surface area (Å²) in [6, 6.07) is 10.0. The maximum absolute atomic E-state index is 14.2. The average molecular weight is 468 g/mol. The van der Waals surface area contributed by atoms with Crippen molar-refractivity contribution < 1.29 is 27.5 Å². The first-order valence-electron chi connectivity index (χ1n) is 9.45. The van der Waals surface area contributed by atoms with Gasteiger partial charge in [0.05, 0.1) is 11.0 Å². The van der Waals surface area contributed by atoms with E-state index in [0.717, 1.165) is 37.4 Å². The lowest BCUT2D eigenvalue weighted by Gasteiger charge is -2.38. The number of hydrogen-bond donors (Lipinski definition) is 2. The fourth-order valence-electron chi connectivity index (χ4n) is 3.63. The first kappa shape index (κ1) is 23.5. The van der Waals surface area contributed by atoms with Crippen molar-refractivity contribution in [3.05, 3.63) is 92.6 Å². The highest BCUT2D eigenvalue weighted by Crippen LogP contribution is 2.51. The molecule has 1 aromatic heterocycles. The second-order valence-electron chi connectivity index (χ2n) is 7.60. The third-order valence-corrected chi connectivity index (χ3v) is 6.17. The number of halogens is 5. The Balaban J connectivity index is 2.05. The lowest BCUT2D eigenvalue weighted by molar-refractivity contribution is -0.191. The number of hydrogen-bond acceptors (Lipinski definition) is 2. The van der Waals surface area contributed by atoms with E-state index < -0.39 is 40.4 Å². The normalized spacial score (nSPS) is 14.6. The fourth-order valence-corrected chi connectivity index (χ4v) is 3.97. The molecule has 32 heavy (non-hydrogen) atoms. The maximum Gasteiger partial charge on any atom is 0.398 e. The van der Waals surface area contributed by atoms with Crippen molar-refractivity contribution in [3.63, 3.8) is 0 Å². The Labute approximate surface area is 185 Å². The molecule has 0 bridgehead atoms. The number of alkyl halides is 3. The minimum absolute atomic E-state index is 0.0395. The van der Waals surface area contributed by atoms with E-state index in [0.29, 0.717) is 11.1 Å². The summed E-state index contributed by atoms with van der Waals surface area (Å²) in [5.41, 5.74) is -2.54. The number of pyridine rings is 1. The van der Waals surface area contributed by atoms with Gasteiger partial charge in [0.25, 0.3) is 0 Å². The molecule has 4 nitrogen and oxygen atoms in total. The molecule has 168 valence electrons. The number of nitrogens with one attached hydrogen (secondary N) is 1. The maximum atomic E-state index is 14.2. The molecule has 0 aliphatic rings. The van der Waals surface area contributed by atoms with Gasteiger partial charge in [-0.3, -0.25) is 4.79 Å². The van der Waals surface area contributed by atoms with E-state index in [9.17, 15) is 27.2 Å². The Morgan fingerprint density at radius 1 is 1.06 bits per heavy atom. The van der Waals surface area contributed by atoms with Crippen molar-refractivity contribution in [2.45, 2.75) is 31.4 Å². The van der Waals surface area contributed by atoms with Crippen molar-refractivity contribution in [3.8, 4) is 11.1 Å². The van der Waals surface area contributed by atoms with E-state index in [-0.39, 0.29) is 16.1 Å². The number of aromatic amines is 1. The standard InChI is InChI=1S/C23H18ClF4NO3/c1-12(22(2,23(26,27)28)15-5-8-20(30)29-11-15)16-6-3-13(9-18(16)24)14-4-7-17(21(31)32)19(25)10-14/h3-12H,1-2H3,(H,29,30)(H,31,32)/t12-,22+/m0/s1. The average Bonchev–Trinajstić information content (AvgIpc) is 2.72. The van der Waals surface area contributed by atoms with Crippen LogP contribution in [0.15, 0.2) is 59.5 Å². The van der Waals surface area contributed by atoms with Crippen LogP contribution in [-0.4, -0.2) is 22.2 Å². The summed E-state index contributed by atoms with van der Waals surface area (Å²) in [7, 11) is 0. The van der Waals surface area contributed by atoms with Gasteiger partial charge in [-0.15, -0.1) is 0 Å². The summed E-state index contributed by atoms with van der Waals surface area (Å²) in [5, 5.41) is 8.99. The predicted octanol–water partition coefficient (Wildman–Crippen LogP) is 6.16. The highest BCUT2D eigenvalue weighted by molar-refractivity contribution is 6.31. The topological polar surface area (TPSA) is 70.2 Å². The molecule has 0 saturated heterocycles. The number of aromatic carboxylic acids is 1. The minimum atomic E-state index is -4.66. The van der Waals surface area contributed by atoms with Gasteiger partial charge in [-0.1, -0.05) is 42.8 Å². The van der Waals surface area contributed by atoms with Gasteiger partial charge >= 0.3 is 12.1 Å². The molecule has 0 aliphatic heterocycles. The van der Waals surface area contributed by atoms with Crippen LogP contribution in [0.1, 0.15) is 41.3 Å². The molecule has 0 fully saturated rings. The fraction of sp³-hybridized carbons (Fsp3) is 0.217. The van der Waals surface area contributed by atoms with Crippen LogP contribution in [0, 0.1) is 5.82 Å². The Morgan fingerprint density at radius 3 is 2.19 bits per heavy atom. The van der Waals surface area contributed by atoms with Crippen LogP contribution < -0.4 is 5.56 Å². The van der Waals surface area contributed by atoms with Crippen molar-refractivity contribution in [1.29, 1.82) is 0 Å². The van der Waals surface area contributed by atoms with Gasteiger partial charge in [0, 0.05) is 23.2 Å². The molecule has 3 rings (SSSR count). The summed E-state index contributed by atoms with van der Waals surface area (Å²) < 4.78 is 56.7. The van der Waals surface area contributed by atoms with Gasteiger partial charge in [-0.2, -0.15) is 13.2 Å². The lowest BCUT2D eigenvalue weighted by atomic mass is 9.69. The molecule has 0 spiro atoms. The van der Waals surface area contributed by atoms with Crippen LogP contribution in [-0.2, 0) is 5.41 Å². The van der Waals surface area contributed by atoms with E-state index in [2.05, 4.69) is 4.98 Å². The van der Waals surface area contributed by atoms with Gasteiger partial charge in [0.2, 0.25) is 5.56 Å². The molecule has 0 saturated carbocycles. The number of aromatic nitrogens is 1. The van der Waals surface area contributed by atoms with Crippen LogP contribution >= 0.6 is 11.6 Å². The second-order valence-corrected chi connectivity index (χ2v) is 8.01. The molecule has 0 radical (unpaired) electrons. The Hall–Kier alpha value is -3.13. The smallest absolute Gasteiger partial charge is 0.398 e. The summed E-state index contributed by atoms with van der Waals surface area (Å²) in [6.07, 6.45) is -3.62. The summed E-state index contributed by atoms with van der Waals surface area (Å²) in [5.74, 6) is -3.49. The number of rotatable bonds is 5. The van der Waals surface area contributed by atoms with Crippen molar-refractivity contribution >= 4 is 17.6 Å². The second kappa shape index (κ2) is 8.43. The number of carbonyl (C=O) groups is 1. The molecule has 2 N–H and O–H groups in total. The molecule has 0 aliphatic carbocycles. The van der Waals surface area contributed by atoms with E-state index >= 15 is 0 Å². The molecule has 1 heterocycles. The summed E-state index contributed by atoms with van der Waals surface area (Å²) in [6.45, 7) is 2.43. The van der Waals surface area contributed by atoms with Crippen molar-refractivity contribution in [2.24, 2.45) is 0 Å². The van der Waals surface area contributed by atoms with Crippen LogP contribution in [0.3, 0.4) is 0 Å². The lowest BCUT2D eigenvalue weighted by Crippen LogP contribution is -2.44. The zero-order chi connectivity index (χ0) is 23.8. The van der Waals surface area contributed by atoms with E-state index in [1.807, 2.05) is 0 Å². The van der Waals surface area contributed by atoms with Gasteiger partial charge in [0.15, 0.2) is 0 Å². The summed E-state index contributed by atoms with van der Waals surface area (Å²) in [4.78, 5) is 24.6. The molecular formula is C23H18ClF4NO3. The number of carboxylic acids is 1. The quantitative estimate of drug-likeness (QED) is 0.442. The van der Waals surface area contributed by atoms with Gasteiger partial charge < -0.3 is 10.1 Å². The van der Waals surface area contributed by atoms with Gasteiger partial charge in [-0.05, 0) is 47.4 Å². The van der Waals surface area contributed by atoms with Crippen molar-refractivity contribution in [1.82, 2.24) is 4.98 Å². The van der Waals surface area contributed by atoms with Crippen LogP contribution in [0.25, 0.3) is 11.1 Å². The highest BCUT2D eigenvalue weighted by atomic mass is 35.5. The highest BCUT2D eigenvalue weighted by Gasteiger charge is 2.56. The molecule has 0 unspecified atom stereocenters. The van der Waals surface area contributed by atoms with E-state index in [4.69, 9.17) is 16.7 Å². The molecule has 9 heteroatoms. The number of carboxylic acid groups (broad SMARTS) is 1. The van der Waals surface area contributed by atoms with Gasteiger partial charge in [0.1, 0.15) is 5.82 Å². The van der Waals surface area contributed by atoms with E-state index in [1.54, 1.807) is 0 Å². The number of benzene rings is 2. The molecule has 2 aromatic carbocycles. The molecule has 2 atom stereocenters. The van der Waals surface area contributed by atoms with E-state index in [1.165, 1.54) is 31.2 Å². The Kier molecular flexibility index (Phi) is 6.20. The third-order valence-electron chi connectivity index (χ3n) is 5.84. The largest absolute Gasteiger partial charge is 0.478 e. The predicted molar refractivity (Wildman–Crippen MR) is 113 cm³/mol. The van der Waals surface area contributed by atoms with Crippen LogP contribution in [0.5, 0.6) is 0 Å². The number of H-pyrrole nitrogens is 1. The van der Waals surface area contributed by atoms with Gasteiger partial charge in [-0.25, -0.2) is 9.18 Å². The molecule has 3 aromatic rings. The Bertz CT molecular complexity index is 1220. The molecular weight excluding hydrogens is 450 g/mol. The zero-order valence-corrected chi connectivity index (χ0v) is 17.7. The zero-order valence-electron chi connectivity index (χ0n) is 16.9. The summed E-state index contributed by atoms with van der Waals surface area (Å²) >= 11 is 6.35. The van der Waals surface area contributed by atoms with Crippen LogP contribution in [0.4, 0.5) is 17.6 Å². The SMILES string of the molecule is C[C@@H](c1ccc(-c2ccc(C(=O)O)c(F)c2)cc1Cl)[C@](C)(c1ccc(=O)[nH]c1)C(F)(F)F. The first-order valence-corrected chi connectivity index (χ1v) is 9.82.